The Morgan fingerprint density at radius 1 is 1.28 bits per heavy atom. The van der Waals surface area contributed by atoms with E-state index >= 15 is 0 Å². The van der Waals surface area contributed by atoms with Crippen LogP contribution in [0.3, 0.4) is 0 Å². The molecule has 1 aromatic rings. The first-order valence-corrected chi connectivity index (χ1v) is 6.97. The second-order valence-electron chi connectivity index (χ2n) is 5.19. The third-order valence-electron chi connectivity index (χ3n) is 3.48. The molecule has 0 aromatic carbocycles. The van der Waals surface area contributed by atoms with Crippen LogP contribution in [0.5, 0.6) is 5.88 Å². The minimum atomic E-state index is 0.532. The Labute approximate surface area is 109 Å². The van der Waals surface area contributed by atoms with Crippen molar-refractivity contribution in [1.82, 2.24) is 9.97 Å². The van der Waals surface area contributed by atoms with Crippen LogP contribution in [0.2, 0.25) is 0 Å². The summed E-state index contributed by atoms with van der Waals surface area (Å²) in [6.45, 7) is 6.06. The van der Waals surface area contributed by atoms with Gasteiger partial charge in [-0.15, -0.1) is 0 Å². The number of ether oxygens (including phenoxy) is 1. The van der Waals surface area contributed by atoms with Crippen LogP contribution in [0.1, 0.15) is 46.0 Å². The fourth-order valence-corrected chi connectivity index (χ4v) is 2.22. The highest BCUT2D eigenvalue weighted by atomic mass is 16.5. The molecule has 0 unspecified atom stereocenters. The molecule has 4 heteroatoms. The minimum Gasteiger partial charge on any atom is -0.478 e. The first-order valence-electron chi connectivity index (χ1n) is 6.97. The number of anilines is 1. The Bertz CT molecular complexity index is 377. The summed E-state index contributed by atoms with van der Waals surface area (Å²) < 4.78 is 5.50. The normalized spacial score (nSPS) is 16.3. The number of hydrogen-bond donors (Lipinski definition) is 1. The topological polar surface area (TPSA) is 47.0 Å². The molecule has 1 fully saturated rings. The number of rotatable bonds is 8. The van der Waals surface area contributed by atoms with Crippen LogP contribution >= 0.6 is 0 Å². The average Bonchev–Trinajstić information content (AvgIpc) is 3.15. The van der Waals surface area contributed by atoms with Crippen molar-refractivity contribution in [3.8, 4) is 5.88 Å². The van der Waals surface area contributed by atoms with E-state index in [2.05, 4.69) is 29.1 Å². The van der Waals surface area contributed by atoms with Crippen LogP contribution < -0.4 is 10.1 Å². The molecule has 18 heavy (non-hydrogen) atoms. The summed E-state index contributed by atoms with van der Waals surface area (Å²) in [6.07, 6.45) is 7.82. The number of nitrogens with zero attached hydrogens (tertiary/aromatic N) is 2. The van der Waals surface area contributed by atoms with Gasteiger partial charge in [-0.25, -0.2) is 9.97 Å². The Morgan fingerprint density at radius 2 is 2.11 bits per heavy atom. The van der Waals surface area contributed by atoms with E-state index in [9.17, 15) is 0 Å². The lowest BCUT2D eigenvalue weighted by Crippen LogP contribution is -2.16. The molecule has 1 aliphatic rings. The molecule has 4 nitrogen and oxygen atoms in total. The average molecular weight is 249 g/mol. The molecule has 1 N–H and O–H groups in total. The molecule has 0 saturated heterocycles. The van der Waals surface area contributed by atoms with Crippen molar-refractivity contribution in [2.45, 2.75) is 46.0 Å². The van der Waals surface area contributed by atoms with Gasteiger partial charge in [0.1, 0.15) is 12.1 Å². The van der Waals surface area contributed by atoms with Gasteiger partial charge in [0.05, 0.1) is 6.61 Å². The van der Waals surface area contributed by atoms with Crippen LogP contribution in [-0.2, 0) is 0 Å². The Kier molecular flexibility index (Phi) is 4.39. The van der Waals surface area contributed by atoms with E-state index in [-0.39, 0.29) is 0 Å². The molecule has 1 aliphatic carbocycles. The van der Waals surface area contributed by atoms with Crippen molar-refractivity contribution in [2.75, 3.05) is 18.5 Å². The molecular weight excluding hydrogens is 226 g/mol. The standard InChI is InChI=1S/C14H23N3O/c1-3-5-14(6-7-14)10-15-12-9-13(17-11-16-12)18-8-4-2/h9,11H,3-8,10H2,1-2H3,(H,15,16,17). The molecule has 0 spiro atoms. The van der Waals surface area contributed by atoms with Crippen LogP contribution in [0, 0.1) is 5.41 Å². The second kappa shape index (κ2) is 6.03. The first-order chi connectivity index (χ1) is 8.78. The maximum atomic E-state index is 5.50. The maximum absolute atomic E-state index is 5.50. The fraction of sp³-hybridized carbons (Fsp3) is 0.714. The summed E-state index contributed by atoms with van der Waals surface area (Å²) in [6, 6.07) is 1.89. The zero-order valence-corrected chi connectivity index (χ0v) is 11.4. The molecule has 1 heterocycles. The van der Waals surface area contributed by atoms with Gasteiger partial charge < -0.3 is 10.1 Å². The molecule has 100 valence electrons. The van der Waals surface area contributed by atoms with Gasteiger partial charge >= 0.3 is 0 Å². The van der Waals surface area contributed by atoms with Crippen molar-refractivity contribution in [3.63, 3.8) is 0 Å². The van der Waals surface area contributed by atoms with Gasteiger partial charge in [-0.2, -0.15) is 0 Å². The highest BCUT2D eigenvalue weighted by Crippen LogP contribution is 2.49. The van der Waals surface area contributed by atoms with Gasteiger partial charge in [0, 0.05) is 12.6 Å². The van der Waals surface area contributed by atoms with Crippen molar-refractivity contribution < 1.29 is 4.74 Å². The van der Waals surface area contributed by atoms with E-state index < -0.39 is 0 Å². The highest BCUT2D eigenvalue weighted by Gasteiger charge is 2.41. The Morgan fingerprint density at radius 3 is 2.78 bits per heavy atom. The van der Waals surface area contributed by atoms with Crippen molar-refractivity contribution >= 4 is 5.82 Å². The second-order valence-corrected chi connectivity index (χ2v) is 5.19. The zero-order valence-electron chi connectivity index (χ0n) is 11.4. The zero-order chi connectivity index (χ0) is 12.8. The van der Waals surface area contributed by atoms with Gasteiger partial charge in [0.15, 0.2) is 0 Å². The van der Waals surface area contributed by atoms with Crippen LogP contribution in [0.15, 0.2) is 12.4 Å². The smallest absolute Gasteiger partial charge is 0.218 e. The molecule has 0 radical (unpaired) electrons. The van der Waals surface area contributed by atoms with Crippen LogP contribution in [0.25, 0.3) is 0 Å². The minimum absolute atomic E-state index is 0.532. The fourth-order valence-electron chi connectivity index (χ4n) is 2.22. The van der Waals surface area contributed by atoms with Crippen molar-refractivity contribution in [2.24, 2.45) is 5.41 Å². The SMILES string of the molecule is CCCOc1cc(NCC2(CCC)CC2)ncn1. The summed E-state index contributed by atoms with van der Waals surface area (Å²) in [5, 5.41) is 3.42. The lowest BCUT2D eigenvalue weighted by molar-refractivity contribution is 0.305. The number of aromatic nitrogens is 2. The number of nitrogens with one attached hydrogen (secondary N) is 1. The predicted octanol–water partition coefficient (Wildman–Crippen LogP) is 3.26. The van der Waals surface area contributed by atoms with Crippen LogP contribution in [0.4, 0.5) is 5.82 Å². The summed E-state index contributed by atoms with van der Waals surface area (Å²) in [5.41, 5.74) is 0.532. The van der Waals surface area contributed by atoms with Crippen LogP contribution in [-0.4, -0.2) is 23.1 Å². The predicted molar refractivity (Wildman–Crippen MR) is 72.9 cm³/mol. The van der Waals surface area contributed by atoms with Gasteiger partial charge in [-0.3, -0.25) is 0 Å². The van der Waals surface area contributed by atoms with Gasteiger partial charge in [-0.05, 0) is 31.1 Å². The van der Waals surface area contributed by atoms with E-state index in [1.54, 1.807) is 6.33 Å². The first kappa shape index (κ1) is 13.1. The lowest BCUT2D eigenvalue weighted by atomic mass is 10.0. The van der Waals surface area contributed by atoms with Gasteiger partial charge in [0.2, 0.25) is 5.88 Å². The van der Waals surface area contributed by atoms with E-state index in [0.29, 0.717) is 17.9 Å². The molecule has 0 amide bonds. The largest absolute Gasteiger partial charge is 0.478 e. The highest BCUT2D eigenvalue weighted by molar-refractivity contribution is 5.37. The Balaban J connectivity index is 1.85. The molecule has 2 rings (SSSR count). The molecule has 0 bridgehead atoms. The summed E-state index contributed by atoms with van der Waals surface area (Å²) >= 11 is 0. The summed E-state index contributed by atoms with van der Waals surface area (Å²) in [5.74, 6) is 1.54. The third kappa shape index (κ3) is 3.59. The molecule has 1 aromatic heterocycles. The van der Waals surface area contributed by atoms with E-state index in [4.69, 9.17) is 4.74 Å². The third-order valence-corrected chi connectivity index (χ3v) is 3.48. The summed E-state index contributed by atoms with van der Waals surface area (Å²) in [7, 11) is 0. The van der Waals surface area contributed by atoms with Gasteiger partial charge in [-0.1, -0.05) is 20.3 Å². The monoisotopic (exact) mass is 249 g/mol. The van der Waals surface area contributed by atoms with E-state index in [1.165, 1.54) is 25.7 Å². The maximum Gasteiger partial charge on any atom is 0.218 e. The number of hydrogen-bond acceptors (Lipinski definition) is 4. The Hall–Kier alpha value is -1.32. The molecule has 0 aliphatic heterocycles. The van der Waals surface area contributed by atoms with E-state index in [0.717, 1.165) is 18.8 Å². The van der Waals surface area contributed by atoms with E-state index in [1.807, 2.05) is 6.07 Å². The molecular formula is C14H23N3O. The van der Waals surface area contributed by atoms with Gasteiger partial charge in [0.25, 0.3) is 0 Å². The molecule has 0 atom stereocenters. The quantitative estimate of drug-likeness (QED) is 0.768. The molecule has 1 saturated carbocycles. The summed E-state index contributed by atoms with van der Waals surface area (Å²) in [4.78, 5) is 8.34. The van der Waals surface area contributed by atoms with Crippen molar-refractivity contribution in [1.29, 1.82) is 0 Å². The lowest BCUT2D eigenvalue weighted by Gasteiger charge is -2.15. The van der Waals surface area contributed by atoms with Crippen molar-refractivity contribution in [3.05, 3.63) is 12.4 Å².